The van der Waals surface area contributed by atoms with E-state index in [2.05, 4.69) is 20.6 Å². The molecule has 0 radical (unpaired) electrons. The zero-order valence-corrected chi connectivity index (χ0v) is 17.0. The molecule has 3 amide bonds. The molecule has 156 valence electrons. The van der Waals surface area contributed by atoms with Gasteiger partial charge in [0.05, 0.1) is 11.0 Å². The molecule has 0 bridgehead atoms. The van der Waals surface area contributed by atoms with E-state index < -0.39 is 11.7 Å². The van der Waals surface area contributed by atoms with Crippen molar-refractivity contribution in [1.82, 2.24) is 9.97 Å². The number of nitrogens with one attached hydrogen (secondary N) is 4. The van der Waals surface area contributed by atoms with E-state index in [0.717, 1.165) is 11.3 Å². The van der Waals surface area contributed by atoms with E-state index in [4.69, 9.17) is 4.74 Å². The largest absolute Gasteiger partial charge is 0.444 e. The average molecular weight is 409 g/mol. The predicted octanol–water partition coefficient (Wildman–Crippen LogP) is 3.80. The van der Waals surface area contributed by atoms with Crippen LogP contribution in [0, 0.1) is 0 Å². The van der Waals surface area contributed by atoms with Gasteiger partial charge in [0.1, 0.15) is 5.60 Å². The maximum atomic E-state index is 12.8. The number of aromatic amines is 2. The molecule has 3 aromatic rings. The third-order valence-electron chi connectivity index (χ3n) is 4.63. The van der Waals surface area contributed by atoms with Crippen LogP contribution in [-0.4, -0.2) is 34.2 Å². The van der Waals surface area contributed by atoms with Crippen LogP contribution in [0.2, 0.25) is 0 Å². The minimum atomic E-state index is -0.577. The number of urea groups is 1. The predicted molar refractivity (Wildman–Crippen MR) is 115 cm³/mol. The standard InChI is InChI=1S/C21H23N5O4/c1-21(2,3)30-20(29)23-13-5-7-17-12(10-13)8-9-26(17)19(28)22-14-4-6-15-16(11-14)25-18(27)24-15/h4-7,10-11H,8-9H2,1-3H3,(H,22,28)(H,23,29)(H2,24,25,27). The molecule has 4 N–H and O–H groups in total. The lowest BCUT2D eigenvalue weighted by Crippen LogP contribution is -2.33. The highest BCUT2D eigenvalue weighted by atomic mass is 16.6. The van der Waals surface area contributed by atoms with Gasteiger partial charge in [0.25, 0.3) is 0 Å². The lowest BCUT2D eigenvalue weighted by Gasteiger charge is -2.20. The van der Waals surface area contributed by atoms with Crippen LogP contribution in [0.3, 0.4) is 0 Å². The van der Waals surface area contributed by atoms with E-state index in [1.807, 2.05) is 6.07 Å². The number of rotatable bonds is 2. The van der Waals surface area contributed by atoms with Gasteiger partial charge in [-0.15, -0.1) is 0 Å². The Hall–Kier alpha value is -3.75. The molecule has 1 aliphatic heterocycles. The summed E-state index contributed by atoms with van der Waals surface area (Å²) in [5.41, 5.74) is 3.38. The second kappa shape index (κ2) is 7.25. The fourth-order valence-electron chi connectivity index (χ4n) is 3.41. The Bertz CT molecular complexity index is 1190. The minimum Gasteiger partial charge on any atom is -0.444 e. The number of hydrogen-bond donors (Lipinski definition) is 4. The number of hydrogen-bond acceptors (Lipinski definition) is 4. The molecule has 0 atom stereocenters. The Morgan fingerprint density at radius 1 is 1.00 bits per heavy atom. The zero-order valence-electron chi connectivity index (χ0n) is 17.0. The van der Waals surface area contributed by atoms with Crippen molar-refractivity contribution >= 4 is 40.2 Å². The fourth-order valence-corrected chi connectivity index (χ4v) is 3.41. The van der Waals surface area contributed by atoms with Crippen molar-refractivity contribution in [2.45, 2.75) is 32.8 Å². The average Bonchev–Trinajstić information content (AvgIpc) is 3.21. The number of aromatic nitrogens is 2. The summed E-state index contributed by atoms with van der Waals surface area (Å²) in [5.74, 6) is 0. The molecule has 4 rings (SSSR count). The molecule has 9 nitrogen and oxygen atoms in total. The van der Waals surface area contributed by atoms with Gasteiger partial charge in [-0.2, -0.15) is 0 Å². The van der Waals surface area contributed by atoms with Gasteiger partial charge >= 0.3 is 17.8 Å². The molecular weight excluding hydrogens is 386 g/mol. The van der Waals surface area contributed by atoms with Crippen LogP contribution in [0.25, 0.3) is 11.0 Å². The molecular formula is C21H23N5O4. The van der Waals surface area contributed by atoms with Crippen LogP contribution in [0.1, 0.15) is 26.3 Å². The lowest BCUT2D eigenvalue weighted by molar-refractivity contribution is 0.0636. The normalized spacial score (nSPS) is 13.2. The monoisotopic (exact) mass is 409 g/mol. The number of benzene rings is 2. The molecule has 2 aromatic carbocycles. The highest BCUT2D eigenvalue weighted by Gasteiger charge is 2.25. The maximum Gasteiger partial charge on any atom is 0.412 e. The summed E-state index contributed by atoms with van der Waals surface area (Å²) in [6.45, 7) is 5.94. The van der Waals surface area contributed by atoms with Crippen molar-refractivity contribution in [2.24, 2.45) is 0 Å². The summed E-state index contributed by atoms with van der Waals surface area (Å²) in [6, 6.07) is 10.3. The Kier molecular flexibility index (Phi) is 4.73. The second-order valence-corrected chi connectivity index (χ2v) is 8.14. The Morgan fingerprint density at radius 3 is 2.47 bits per heavy atom. The molecule has 0 saturated heterocycles. The van der Waals surface area contributed by atoms with Gasteiger partial charge < -0.3 is 20.0 Å². The first kappa shape index (κ1) is 19.6. The van der Waals surface area contributed by atoms with Gasteiger partial charge in [-0.25, -0.2) is 14.4 Å². The van der Waals surface area contributed by atoms with Crippen LogP contribution in [0.5, 0.6) is 0 Å². The molecule has 0 fully saturated rings. The Balaban J connectivity index is 1.46. The quantitative estimate of drug-likeness (QED) is 0.515. The third kappa shape index (κ3) is 4.14. The summed E-state index contributed by atoms with van der Waals surface area (Å²) in [5, 5.41) is 5.58. The van der Waals surface area contributed by atoms with Crippen molar-refractivity contribution in [3.8, 4) is 0 Å². The number of amides is 3. The molecule has 1 aliphatic rings. The van der Waals surface area contributed by atoms with Crippen molar-refractivity contribution in [2.75, 3.05) is 22.1 Å². The number of carbonyl (C=O) groups excluding carboxylic acids is 2. The molecule has 0 unspecified atom stereocenters. The summed E-state index contributed by atoms with van der Waals surface area (Å²) in [6.07, 6.45) is 0.157. The SMILES string of the molecule is CC(C)(C)OC(=O)Nc1ccc2c(c1)CCN2C(=O)Nc1ccc2[nH]c(=O)[nH]c2c1. The van der Waals surface area contributed by atoms with E-state index in [9.17, 15) is 14.4 Å². The number of fused-ring (bicyclic) bond motifs is 2. The summed E-state index contributed by atoms with van der Waals surface area (Å²) >= 11 is 0. The number of H-pyrrole nitrogens is 2. The van der Waals surface area contributed by atoms with Gasteiger partial charge in [0.15, 0.2) is 0 Å². The van der Waals surface area contributed by atoms with E-state index in [-0.39, 0.29) is 11.7 Å². The molecule has 0 aliphatic carbocycles. The van der Waals surface area contributed by atoms with Crippen molar-refractivity contribution in [3.05, 3.63) is 52.4 Å². The number of nitrogens with zero attached hydrogens (tertiary/aromatic N) is 1. The van der Waals surface area contributed by atoms with Gasteiger partial charge in [-0.3, -0.25) is 10.2 Å². The molecule has 1 aromatic heterocycles. The Labute approximate surface area is 172 Å². The zero-order chi connectivity index (χ0) is 21.5. The van der Waals surface area contributed by atoms with Gasteiger partial charge in [-0.1, -0.05) is 0 Å². The number of anilines is 3. The first-order valence-electron chi connectivity index (χ1n) is 9.61. The van der Waals surface area contributed by atoms with Gasteiger partial charge in [0, 0.05) is 23.6 Å². The van der Waals surface area contributed by atoms with Crippen LogP contribution >= 0.6 is 0 Å². The molecule has 0 spiro atoms. The van der Waals surface area contributed by atoms with Crippen molar-refractivity contribution < 1.29 is 14.3 Å². The smallest absolute Gasteiger partial charge is 0.412 e. The highest BCUT2D eigenvalue weighted by molar-refractivity contribution is 6.04. The maximum absolute atomic E-state index is 12.8. The first-order valence-corrected chi connectivity index (χ1v) is 9.61. The summed E-state index contributed by atoms with van der Waals surface area (Å²) in [4.78, 5) is 43.1. The lowest BCUT2D eigenvalue weighted by atomic mass is 10.1. The third-order valence-corrected chi connectivity index (χ3v) is 4.63. The summed E-state index contributed by atoms with van der Waals surface area (Å²) in [7, 11) is 0. The molecule has 2 heterocycles. The van der Waals surface area contributed by atoms with E-state index >= 15 is 0 Å². The van der Waals surface area contributed by atoms with Crippen molar-refractivity contribution in [1.29, 1.82) is 0 Å². The van der Waals surface area contributed by atoms with Gasteiger partial charge in [0.2, 0.25) is 0 Å². The molecule has 0 saturated carbocycles. The van der Waals surface area contributed by atoms with Crippen LogP contribution in [0.15, 0.2) is 41.2 Å². The van der Waals surface area contributed by atoms with Crippen LogP contribution in [-0.2, 0) is 11.2 Å². The number of ether oxygens (including phenoxy) is 1. The van der Waals surface area contributed by atoms with Crippen LogP contribution in [0.4, 0.5) is 26.7 Å². The van der Waals surface area contributed by atoms with E-state index in [1.54, 1.807) is 56.0 Å². The first-order chi connectivity index (χ1) is 14.2. The minimum absolute atomic E-state index is 0.265. The number of carbonyl (C=O) groups is 2. The summed E-state index contributed by atoms with van der Waals surface area (Å²) < 4.78 is 5.27. The number of imidazole rings is 1. The van der Waals surface area contributed by atoms with E-state index in [1.165, 1.54) is 0 Å². The van der Waals surface area contributed by atoms with E-state index in [0.29, 0.717) is 35.4 Å². The highest BCUT2D eigenvalue weighted by Crippen LogP contribution is 2.31. The fraction of sp³-hybridized carbons (Fsp3) is 0.286. The molecule has 9 heteroatoms. The Morgan fingerprint density at radius 2 is 1.70 bits per heavy atom. The van der Waals surface area contributed by atoms with Crippen molar-refractivity contribution in [3.63, 3.8) is 0 Å². The van der Waals surface area contributed by atoms with Crippen LogP contribution < -0.4 is 21.2 Å². The second-order valence-electron chi connectivity index (χ2n) is 8.14. The molecule has 30 heavy (non-hydrogen) atoms. The topological polar surface area (TPSA) is 119 Å². The van der Waals surface area contributed by atoms with Gasteiger partial charge in [-0.05, 0) is 69.2 Å².